The molecule has 2 aliphatic rings. The molecule has 1 aromatic heterocycles. The molecule has 1 aromatic carbocycles. The van der Waals surface area contributed by atoms with Crippen LogP contribution in [-0.4, -0.2) is 36.3 Å². The molecule has 2 fully saturated rings. The number of aromatic nitrogens is 1. The molecule has 1 amide bonds. The van der Waals surface area contributed by atoms with Crippen molar-refractivity contribution in [2.75, 3.05) is 13.2 Å². The lowest BCUT2D eigenvalue weighted by Crippen LogP contribution is -2.29. The summed E-state index contributed by atoms with van der Waals surface area (Å²) in [6.07, 6.45) is 5.13. The van der Waals surface area contributed by atoms with Crippen molar-refractivity contribution in [1.82, 2.24) is 10.3 Å². The maximum atomic E-state index is 13.1. The predicted molar refractivity (Wildman–Crippen MR) is 122 cm³/mol. The van der Waals surface area contributed by atoms with Crippen LogP contribution < -0.4 is 20.3 Å². The zero-order valence-electron chi connectivity index (χ0n) is 19.1. The van der Waals surface area contributed by atoms with Crippen LogP contribution in [0.5, 0.6) is 11.5 Å². The summed E-state index contributed by atoms with van der Waals surface area (Å²) in [7, 11) is 0. The van der Waals surface area contributed by atoms with Crippen LogP contribution in [0, 0.1) is 20.8 Å². The monoisotopic (exact) mass is 440 g/mol. The van der Waals surface area contributed by atoms with Crippen LogP contribution in [0.15, 0.2) is 23.0 Å². The standard InChI is InChI=1S/C25H32N2O5/c1-15-11-16(2)27-25(29)22(15)14-26-24(28)21-12-20(31-18-5-4-6-18)13-23(17(21)3)32-19-7-9-30-10-8-19/h11-13,18-19H,4-10,14H2,1-3H3,(H,26,28)(H,27,29). The highest BCUT2D eigenvalue weighted by molar-refractivity contribution is 5.96. The Morgan fingerprint density at radius 3 is 2.44 bits per heavy atom. The van der Waals surface area contributed by atoms with Crippen molar-refractivity contribution in [1.29, 1.82) is 0 Å². The average Bonchev–Trinajstić information content (AvgIpc) is 2.72. The first-order chi connectivity index (χ1) is 15.4. The molecule has 7 nitrogen and oxygen atoms in total. The van der Waals surface area contributed by atoms with Gasteiger partial charge in [0.15, 0.2) is 0 Å². The summed E-state index contributed by atoms with van der Waals surface area (Å²) in [5.74, 6) is 1.07. The number of hydrogen-bond donors (Lipinski definition) is 2. The first kappa shape index (κ1) is 22.4. The molecule has 0 atom stereocenters. The number of carbonyl (C=O) groups excluding carboxylic acids is 1. The van der Waals surface area contributed by atoms with Crippen molar-refractivity contribution < 1.29 is 19.0 Å². The minimum absolute atomic E-state index is 0.0612. The largest absolute Gasteiger partial charge is 0.490 e. The number of ether oxygens (including phenoxy) is 3. The number of carbonyl (C=O) groups is 1. The summed E-state index contributed by atoms with van der Waals surface area (Å²) in [4.78, 5) is 28.2. The molecule has 2 N–H and O–H groups in total. The SMILES string of the molecule is Cc1cc(C)c(CNC(=O)c2cc(OC3CCC3)cc(OC3CCOCC3)c2C)c(=O)[nH]1. The maximum Gasteiger partial charge on any atom is 0.253 e. The van der Waals surface area contributed by atoms with E-state index in [1.807, 2.05) is 32.9 Å². The molecular formula is C25H32N2O5. The molecule has 32 heavy (non-hydrogen) atoms. The van der Waals surface area contributed by atoms with E-state index in [0.29, 0.717) is 35.8 Å². The van der Waals surface area contributed by atoms with Crippen molar-refractivity contribution in [3.05, 3.63) is 56.5 Å². The molecular weight excluding hydrogens is 408 g/mol. The van der Waals surface area contributed by atoms with E-state index in [1.54, 1.807) is 6.07 Å². The Bertz CT molecular complexity index is 1040. The van der Waals surface area contributed by atoms with Crippen LogP contribution in [0.3, 0.4) is 0 Å². The molecule has 2 heterocycles. The Kier molecular flexibility index (Phi) is 6.84. The quantitative estimate of drug-likeness (QED) is 0.685. The van der Waals surface area contributed by atoms with Crippen molar-refractivity contribution >= 4 is 5.91 Å². The molecule has 2 aromatic rings. The molecule has 1 saturated carbocycles. The van der Waals surface area contributed by atoms with E-state index in [1.165, 1.54) is 6.42 Å². The van der Waals surface area contributed by atoms with E-state index in [9.17, 15) is 9.59 Å². The zero-order chi connectivity index (χ0) is 22.7. The highest BCUT2D eigenvalue weighted by Gasteiger charge is 2.24. The number of amides is 1. The van der Waals surface area contributed by atoms with Gasteiger partial charge < -0.3 is 24.5 Å². The van der Waals surface area contributed by atoms with E-state index in [4.69, 9.17) is 14.2 Å². The summed E-state index contributed by atoms with van der Waals surface area (Å²) < 4.78 is 17.8. The second-order valence-electron chi connectivity index (χ2n) is 8.82. The molecule has 0 bridgehead atoms. The van der Waals surface area contributed by atoms with Gasteiger partial charge in [-0.2, -0.15) is 0 Å². The molecule has 0 spiro atoms. The second kappa shape index (κ2) is 9.77. The fourth-order valence-corrected chi connectivity index (χ4v) is 4.11. The molecule has 7 heteroatoms. The molecule has 0 unspecified atom stereocenters. The van der Waals surface area contributed by atoms with E-state index in [2.05, 4.69) is 10.3 Å². The highest BCUT2D eigenvalue weighted by atomic mass is 16.5. The molecule has 4 rings (SSSR count). The number of aryl methyl sites for hydroxylation is 2. The van der Waals surface area contributed by atoms with Gasteiger partial charge in [-0.25, -0.2) is 0 Å². The third kappa shape index (κ3) is 5.15. The van der Waals surface area contributed by atoms with Crippen LogP contribution in [-0.2, 0) is 11.3 Å². The van der Waals surface area contributed by atoms with Crippen molar-refractivity contribution in [2.24, 2.45) is 0 Å². The summed E-state index contributed by atoms with van der Waals surface area (Å²) in [6, 6.07) is 5.59. The lowest BCUT2D eigenvalue weighted by molar-refractivity contribution is 0.0250. The third-order valence-corrected chi connectivity index (χ3v) is 6.31. The second-order valence-corrected chi connectivity index (χ2v) is 8.82. The molecule has 0 radical (unpaired) electrons. The number of rotatable bonds is 7. The predicted octanol–water partition coefficient (Wildman–Crippen LogP) is 3.72. The van der Waals surface area contributed by atoms with Crippen LogP contribution in [0.2, 0.25) is 0 Å². The molecule has 172 valence electrons. The van der Waals surface area contributed by atoms with Gasteiger partial charge in [-0.1, -0.05) is 0 Å². The lowest BCUT2D eigenvalue weighted by atomic mass is 9.96. The first-order valence-electron chi connectivity index (χ1n) is 11.4. The zero-order valence-corrected chi connectivity index (χ0v) is 19.1. The van der Waals surface area contributed by atoms with Gasteiger partial charge in [0.25, 0.3) is 11.5 Å². The van der Waals surface area contributed by atoms with E-state index in [-0.39, 0.29) is 30.2 Å². The Morgan fingerprint density at radius 2 is 1.78 bits per heavy atom. The smallest absolute Gasteiger partial charge is 0.253 e. The number of pyridine rings is 1. The average molecular weight is 441 g/mol. The lowest BCUT2D eigenvalue weighted by Gasteiger charge is -2.28. The normalized spacial score (nSPS) is 17.0. The van der Waals surface area contributed by atoms with Gasteiger partial charge in [-0.05, 0) is 57.7 Å². The first-order valence-corrected chi connectivity index (χ1v) is 11.4. The Balaban J connectivity index is 1.56. The summed E-state index contributed by atoms with van der Waals surface area (Å²) in [5.41, 5.74) is 3.31. The Hall–Kier alpha value is -2.80. The van der Waals surface area contributed by atoms with E-state index >= 15 is 0 Å². The number of benzene rings is 1. The number of nitrogens with one attached hydrogen (secondary N) is 2. The van der Waals surface area contributed by atoms with Gasteiger partial charge in [-0.3, -0.25) is 9.59 Å². The summed E-state index contributed by atoms with van der Waals surface area (Å²) in [5, 5.41) is 2.91. The van der Waals surface area contributed by atoms with Crippen molar-refractivity contribution in [3.8, 4) is 11.5 Å². The van der Waals surface area contributed by atoms with Crippen molar-refractivity contribution in [3.63, 3.8) is 0 Å². The summed E-state index contributed by atoms with van der Waals surface area (Å²) >= 11 is 0. The minimum Gasteiger partial charge on any atom is -0.490 e. The minimum atomic E-state index is -0.252. The van der Waals surface area contributed by atoms with Crippen LogP contribution in [0.25, 0.3) is 0 Å². The van der Waals surface area contributed by atoms with Crippen LogP contribution >= 0.6 is 0 Å². The summed E-state index contributed by atoms with van der Waals surface area (Å²) in [6.45, 7) is 7.12. The number of hydrogen-bond acceptors (Lipinski definition) is 5. The topological polar surface area (TPSA) is 89.7 Å². The Morgan fingerprint density at radius 1 is 1.06 bits per heavy atom. The van der Waals surface area contributed by atoms with Gasteiger partial charge >= 0.3 is 0 Å². The van der Waals surface area contributed by atoms with Crippen molar-refractivity contribution in [2.45, 2.75) is 71.6 Å². The van der Waals surface area contributed by atoms with Crippen LogP contribution in [0.1, 0.15) is 64.8 Å². The highest BCUT2D eigenvalue weighted by Crippen LogP contribution is 2.33. The maximum absolute atomic E-state index is 13.1. The van der Waals surface area contributed by atoms with E-state index < -0.39 is 0 Å². The van der Waals surface area contributed by atoms with Gasteiger partial charge in [0.05, 0.1) is 19.3 Å². The Labute approximate surface area is 188 Å². The van der Waals surface area contributed by atoms with Gasteiger partial charge in [0.1, 0.15) is 17.6 Å². The molecule has 1 saturated heterocycles. The number of H-pyrrole nitrogens is 1. The molecule has 1 aliphatic carbocycles. The van der Waals surface area contributed by atoms with E-state index in [0.717, 1.165) is 42.5 Å². The third-order valence-electron chi connectivity index (χ3n) is 6.31. The fourth-order valence-electron chi connectivity index (χ4n) is 4.11. The molecule has 1 aliphatic heterocycles. The van der Waals surface area contributed by atoms with Gasteiger partial charge in [-0.15, -0.1) is 0 Å². The van der Waals surface area contributed by atoms with Crippen LogP contribution in [0.4, 0.5) is 0 Å². The number of aromatic amines is 1. The fraction of sp³-hybridized carbons (Fsp3) is 0.520. The van der Waals surface area contributed by atoms with Gasteiger partial charge in [0, 0.05) is 47.8 Å². The van der Waals surface area contributed by atoms with Gasteiger partial charge in [0.2, 0.25) is 0 Å².